The second-order valence-corrected chi connectivity index (χ2v) is 4.23. The largest absolute Gasteiger partial charge is 0.308 e. The summed E-state index contributed by atoms with van der Waals surface area (Å²) in [6.45, 7) is 2.06. The normalized spacial score (nSPS) is 10.8. The van der Waals surface area contributed by atoms with Crippen molar-refractivity contribution in [3.05, 3.63) is 34.6 Å². The third-order valence-corrected chi connectivity index (χ3v) is 2.91. The van der Waals surface area contributed by atoms with Crippen molar-refractivity contribution in [3.8, 4) is 0 Å². The molecule has 0 aliphatic heterocycles. The molecule has 1 heterocycles. The van der Waals surface area contributed by atoms with Crippen LogP contribution in [-0.2, 0) is 6.42 Å². The van der Waals surface area contributed by atoms with Crippen LogP contribution in [0.5, 0.6) is 0 Å². The molecule has 1 aromatic carbocycles. The maximum absolute atomic E-state index is 13.8. The molecule has 2 aromatic rings. The molecule has 2 rings (SSSR count). The predicted molar refractivity (Wildman–Crippen MR) is 68.5 cm³/mol. The van der Waals surface area contributed by atoms with Crippen LogP contribution in [0.1, 0.15) is 18.9 Å². The van der Waals surface area contributed by atoms with Gasteiger partial charge in [-0.15, -0.1) is 0 Å². The number of benzene rings is 1. The zero-order valence-electron chi connectivity index (χ0n) is 9.43. The molecule has 0 bridgehead atoms. The first kappa shape index (κ1) is 12.1. The number of nitrogens with two attached hydrogens (primary N) is 1. The highest BCUT2D eigenvalue weighted by atomic mass is 35.5. The summed E-state index contributed by atoms with van der Waals surface area (Å²) in [4.78, 5) is 4.18. The molecular formula is C12H13ClFN3. The van der Waals surface area contributed by atoms with Gasteiger partial charge in [0.15, 0.2) is 5.82 Å². The van der Waals surface area contributed by atoms with Crippen molar-refractivity contribution in [2.24, 2.45) is 5.84 Å². The smallest absolute Gasteiger partial charge is 0.168 e. The lowest BCUT2D eigenvalue weighted by Crippen LogP contribution is -2.11. The Kier molecular flexibility index (Phi) is 3.45. The van der Waals surface area contributed by atoms with Gasteiger partial charge in [-0.05, 0) is 24.1 Å². The average Bonchev–Trinajstić information content (AvgIpc) is 2.34. The second-order valence-electron chi connectivity index (χ2n) is 3.82. The Labute approximate surface area is 104 Å². The predicted octanol–water partition coefficient (Wildman–Crippen LogP) is 3.27. The Bertz CT molecular complexity index is 557. The van der Waals surface area contributed by atoms with Crippen molar-refractivity contribution in [1.29, 1.82) is 0 Å². The van der Waals surface area contributed by atoms with Gasteiger partial charge in [0.05, 0.1) is 5.02 Å². The number of pyridine rings is 1. The summed E-state index contributed by atoms with van der Waals surface area (Å²) in [6, 6.07) is 5.18. The summed E-state index contributed by atoms with van der Waals surface area (Å²) in [6.07, 6.45) is 1.81. The summed E-state index contributed by atoms with van der Waals surface area (Å²) in [7, 11) is 0. The maximum Gasteiger partial charge on any atom is 0.168 e. The van der Waals surface area contributed by atoms with E-state index in [4.69, 9.17) is 17.4 Å². The highest BCUT2D eigenvalue weighted by molar-refractivity contribution is 6.31. The second kappa shape index (κ2) is 4.85. The summed E-state index contributed by atoms with van der Waals surface area (Å²) in [5, 5.41) is 0.797. The molecular weight excluding hydrogens is 241 g/mol. The monoisotopic (exact) mass is 253 g/mol. The molecule has 0 aliphatic carbocycles. The zero-order chi connectivity index (χ0) is 12.4. The van der Waals surface area contributed by atoms with Crippen molar-refractivity contribution in [1.82, 2.24) is 4.98 Å². The third-order valence-electron chi connectivity index (χ3n) is 2.61. The van der Waals surface area contributed by atoms with Gasteiger partial charge in [0.2, 0.25) is 0 Å². The van der Waals surface area contributed by atoms with E-state index in [2.05, 4.69) is 17.3 Å². The molecule has 3 N–H and O–H groups in total. The van der Waals surface area contributed by atoms with Gasteiger partial charge in [0.25, 0.3) is 0 Å². The minimum Gasteiger partial charge on any atom is -0.308 e. The number of halogens is 2. The first-order valence-corrected chi connectivity index (χ1v) is 5.79. The molecule has 0 radical (unpaired) electrons. The highest BCUT2D eigenvalue weighted by Crippen LogP contribution is 2.27. The summed E-state index contributed by atoms with van der Waals surface area (Å²) < 4.78 is 13.8. The fourth-order valence-corrected chi connectivity index (χ4v) is 1.96. The molecule has 1 aromatic heterocycles. The van der Waals surface area contributed by atoms with Crippen LogP contribution >= 0.6 is 11.6 Å². The van der Waals surface area contributed by atoms with Crippen LogP contribution in [0.3, 0.4) is 0 Å². The average molecular weight is 254 g/mol. The minimum atomic E-state index is -0.510. The Morgan fingerprint density at radius 1 is 1.47 bits per heavy atom. The Morgan fingerprint density at radius 3 is 2.88 bits per heavy atom. The van der Waals surface area contributed by atoms with E-state index < -0.39 is 5.82 Å². The topological polar surface area (TPSA) is 50.9 Å². The van der Waals surface area contributed by atoms with Crippen molar-refractivity contribution >= 4 is 28.3 Å². The van der Waals surface area contributed by atoms with Gasteiger partial charge in [-0.3, -0.25) is 0 Å². The molecule has 0 saturated heterocycles. The van der Waals surface area contributed by atoms with Gasteiger partial charge < -0.3 is 5.43 Å². The van der Waals surface area contributed by atoms with Gasteiger partial charge in [0.1, 0.15) is 11.3 Å². The molecule has 17 heavy (non-hydrogen) atoms. The van der Waals surface area contributed by atoms with E-state index in [0.29, 0.717) is 5.82 Å². The lowest BCUT2D eigenvalue weighted by molar-refractivity contribution is 0.637. The van der Waals surface area contributed by atoms with Crippen LogP contribution in [-0.4, -0.2) is 4.98 Å². The number of anilines is 1. The van der Waals surface area contributed by atoms with Gasteiger partial charge in [-0.2, -0.15) is 0 Å². The molecule has 5 heteroatoms. The Balaban J connectivity index is 2.69. The van der Waals surface area contributed by atoms with E-state index in [0.717, 1.165) is 23.8 Å². The lowest BCUT2D eigenvalue weighted by Gasteiger charge is -2.10. The SMILES string of the molecule is CCCc1cc2ccc(Cl)c(F)c2nc1NN. The van der Waals surface area contributed by atoms with Gasteiger partial charge in [0, 0.05) is 5.39 Å². The standard InChI is InChI=1S/C12H13ClFN3/c1-2-3-8-6-7-4-5-9(13)10(14)11(7)16-12(8)17-15/h4-6H,2-3,15H2,1H3,(H,16,17). The zero-order valence-corrected chi connectivity index (χ0v) is 10.2. The van der Waals surface area contributed by atoms with Crippen LogP contribution in [0, 0.1) is 5.82 Å². The first-order chi connectivity index (χ1) is 8.17. The van der Waals surface area contributed by atoms with Crippen LogP contribution in [0.2, 0.25) is 5.02 Å². The number of hydrogen-bond acceptors (Lipinski definition) is 3. The number of hydrogen-bond donors (Lipinski definition) is 2. The van der Waals surface area contributed by atoms with Crippen LogP contribution in [0.4, 0.5) is 10.2 Å². The van der Waals surface area contributed by atoms with Crippen LogP contribution < -0.4 is 11.3 Å². The van der Waals surface area contributed by atoms with Crippen LogP contribution in [0.15, 0.2) is 18.2 Å². The molecule has 3 nitrogen and oxygen atoms in total. The molecule has 0 spiro atoms. The van der Waals surface area contributed by atoms with Crippen molar-refractivity contribution < 1.29 is 4.39 Å². The van der Waals surface area contributed by atoms with Crippen LogP contribution in [0.25, 0.3) is 10.9 Å². The molecule has 0 saturated carbocycles. The van der Waals surface area contributed by atoms with Crippen molar-refractivity contribution in [3.63, 3.8) is 0 Å². The van der Waals surface area contributed by atoms with E-state index >= 15 is 0 Å². The Hall–Kier alpha value is -1.39. The van der Waals surface area contributed by atoms with E-state index in [1.165, 1.54) is 6.07 Å². The molecule has 0 fully saturated rings. The number of nitrogens with one attached hydrogen (secondary N) is 1. The fraction of sp³-hybridized carbons (Fsp3) is 0.250. The van der Waals surface area contributed by atoms with Gasteiger partial charge in [-0.25, -0.2) is 15.2 Å². The summed E-state index contributed by atoms with van der Waals surface area (Å²) >= 11 is 5.72. The highest BCUT2D eigenvalue weighted by Gasteiger charge is 2.11. The fourth-order valence-electron chi connectivity index (χ4n) is 1.81. The van der Waals surface area contributed by atoms with Gasteiger partial charge >= 0.3 is 0 Å². The van der Waals surface area contributed by atoms with Crippen molar-refractivity contribution in [2.75, 3.05) is 5.43 Å². The lowest BCUT2D eigenvalue weighted by atomic mass is 10.1. The number of aryl methyl sites for hydroxylation is 1. The molecule has 0 atom stereocenters. The molecule has 90 valence electrons. The number of aromatic nitrogens is 1. The first-order valence-electron chi connectivity index (χ1n) is 5.41. The van der Waals surface area contributed by atoms with Gasteiger partial charge in [-0.1, -0.05) is 31.0 Å². The van der Waals surface area contributed by atoms with E-state index in [1.807, 2.05) is 6.07 Å². The number of nitrogen functional groups attached to an aromatic ring is 1. The number of hydrazine groups is 1. The molecule has 0 amide bonds. The summed E-state index contributed by atoms with van der Waals surface area (Å²) in [5.41, 5.74) is 3.72. The molecule has 0 aliphatic rings. The molecule has 0 unspecified atom stereocenters. The number of nitrogens with zero attached hydrogens (tertiary/aromatic N) is 1. The Morgan fingerprint density at radius 2 is 2.24 bits per heavy atom. The van der Waals surface area contributed by atoms with E-state index in [-0.39, 0.29) is 10.5 Å². The summed E-state index contributed by atoms with van der Waals surface area (Å²) in [5.74, 6) is 5.38. The minimum absolute atomic E-state index is 0.0659. The number of rotatable bonds is 3. The quantitative estimate of drug-likeness (QED) is 0.652. The van der Waals surface area contributed by atoms with E-state index in [1.54, 1.807) is 6.07 Å². The maximum atomic E-state index is 13.8. The number of fused-ring (bicyclic) bond motifs is 1. The van der Waals surface area contributed by atoms with Crippen molar-refractivity contribution in [2.45, 2.75) is 19.8 Å². The van der Waals surface area contributed by atoms with E-state index in [9.17, 15) is 4.39 Å². The third kappa shape index (κ3) is 2.18.